The quantitative estimate of drug-likeness (QED) is 0.808. The molecule has 0 saturated heterocycles. The summed E-state index contributed by atoms with van der Waals surface area (Å²) in [6.45, 7) is 0. The Balaban J connectivity index is 2.55. The van der Waals surface area contributed by atoms with Crippen LogP contribution in [0.3, 0.4) is 0 Å². The fraction of sp³-hybridized carbons (Fsp3) is 0. The molecule has 1 aromatic carbocycles. The Kier molecular flexibility index (Phi) is 2.51. The zero-order valence-corrected chi connectivity index (χ0v) is 8.25. The summed E-state index contributed by atoms with van der Waals surface area (Å²) >= 11 is 5.62. The van der Waals surface area contributed by atoms with Gasteiger partial charge in [0.2, 0.25) is 0 Å². The zero-order valence-electron chi connectivity index (χ0n) is 7.50. The van der Waals surface area contributed by atoms with E-state index >= 15 is 0 Å². The Morgan fingerprint density at radius 2 is 2.07 bits per heavy atom. The monoisotopic (exact) mass is 224 g/mol. The van der Waals surface area contributed by atoms with E-state index < -0.39 is 5.82 Å². The molecule has 76 valence electrons. The number of halogens is 2. The lowest BCUT2D eigenvalue weighted by Crippen LogP contribution is -2.05. The van der Waals surface area contributed by atoms with Gasteiger partial charge in [-0.2, -0.15) is 5.10 Å². The summed E-state index contributed by atoms with van der Waals surface area (Å²) in [6.07, 6.45) is 1.48. The van der Waals surface area contributed by atoms with E-state index in [1.54, 1.807) is 0 Å². The van der Waals surface area contributed by atoms with Crippen LogP contribution in [0.15, 0.2) is 35.3 Å². The molecule has 1 aromatic heterocycles. The molecular formula is C10H6ClFN2O. The highest BCUT2D eigenvalue weighted by Crippen LogP contribution is 2.23. The molecule has 0 spiro atoms. The van der Waals surface area contributed by atoms with Gasteiger partial charge in [0.05, 0.1) is 11.2 Å². The molecule has 3 nitrogen and oxygen atoms in total. The molecular weight excluding hydrogens is 219 g/mol. The van der Waals surface area contributed by atoms with E-state index in [-0.39, 0.29) is 10.6 Å². The number of aromatic amines is 1. The summed E-state index contributed by atoms with van der Waals surface area (Å²) in [5.41, 5.74) is 0.939. The van der Waals surface area contributed by atoms with Crippen LogP contribution in [0.1, 0.15) is 0 Å². The minimum atomic E-state index is -0.488. The number of hydrogen-bond acceptors (Lipinski definition) is 2. The van der Waals surface area contributed by atoms with Crippen molar-refractivity contribution in [3.63, 3.8) is 0 Å². The molecule has 0 bridgehead atoms. The summed E-state index contributed by atoms with van der Waals surface area (Å²) in [5, 5.41) is 5.91. The average molecular weight is 225 g/mol. The van der Waals surface area contributed by atoms with Gasteiger partial charge in [-0.15, -0.1) is 0 Å². The zero-order chi connectivity index (χ0) is 10.8. The summed E-state index contributed by atoms with van der Waals surface area (Å²) in [4.78, 5) is 11.0. The van der Waals surface area contributed by atoms with Crippen molar-refractivity contribution in [1.82, 2.24) is 10.2 Å². The van der Waals surface area contributed by atoms with E-state index in [0.29, 0.717) is 11.1 Å². The predicted molar refractivity (Wildman–Crippen MR) is 55.3 cm³/mol. The molecule has 15 heavy (non-hydrogen) atoms. The molecule has 2 rings (SSSR count). The fourth-order valence-electron chi connectivity index (χ4n) is 1.21. The van der Waals surface area contributed by atoms with Gasteiger partial charge in [0.15, 0.2) is 0 Å². The van der Waals surface area contributed by atoms with Gasteiger partial charge in [0, 0.05) is 11.6 Å². The Bertz CT molecular complexity index is 553. The number of H-pyrrole nitrogens is 1. The topological polar surface area (TPSA) is 45.8 Å². The average Bonchev–Trinajstić information content (AvgIpc) is 2.22. The van der Waals surface area contributed by atoms with Crippen molar-refractivity contribution in [2.24, 2.45) is 0 Å². The first-order valence-corrected chi connectivity index (χ1v) is 4.55. The highest BCUT2D eigenvalue weighted by atomic mass is 35.5. The van der Waals surface area contributed by atoms with Crippen molar-refractivity contribution < 1.29 is 4.39 Å². The van der Waals surface area contributed by atoms with E-state index in [0.717, 1.165) is 0 Å². The van der Waals surface area contributed by atoms with Crippen LogP contribution in [0.5, 0.6) is 0 Å². The van der Waals surface area contributed by atoms with Gasteiger partial charge >= 0.3 is 0 Å². The molecule has 1 N–H and O–H groups in total. The number of benzene rings is 1. The van der Waals surface area contributed by atoms with Crippen molar-refractivity contribution in [2.45, 2.75) is 0 Å². The van der Waals surface area contributed by atoms with Gasteiger partial charge in [-0.1, -0.05) is 17.7 Å². The standard InChI is InChI=1S/C10H6ClFN2O/c11-8-3-6(1-2-9(8)12)7-4-10(15)14-13-5-7/h1-5H,(H,14,15). The maximum absolute atomic E-state index is 12.9. The first kappa shape index (κ1) is 9.86. The first-order chi connectivity index (χ1) is 7.16. The minimum Gasteiger partial charge on any atom is -0.268 e. The third kappa shape index (κ3) is 2.05. The molecule has 0 radical (unpaired) electrons. The van der Waals surface area contributed by atoms with Crippen LogP contribution in [0, 0.1) is 5.82 Å². The highest BCUT2D eigenvalue weighted by molar-refractivity contribution is 6.31. The van der Waals surface area contributed by atoms with Crippen LogP contribution in [0.2, 0.25) is 5.02 Å². The smallest absolute Gasteiger partial charge is 0.264 e. The lowest BCUT2D eigenvalue weighted by molar-refractivity contribution is 0.628. The Hall–Kier alpha value is -1.68. The second-order valence-corrected chi connectivity index (χ2v) is 3.37. The van der Waals surface area contributed by atoms with Crippen LogP contribution in [-0.2, 0) is 0 Å². The molecule has 5 heteroatoms. The van der Waals surface area contributed by atoms with Crippen molar-refractivity contribution in [3.05, 3.63) is 51.7 Å². The van der Waals surface area contributed by atoms with Gasteiger partial charge in [0.1, 0.15) is 5.82 Å². The van der Waals surface area contributed by atoms with E-state index in [2.05, 4.69) is 10.2 Å². The predicted octanol–water partition coefficient (Wildman–Crippen LogP) is 2.23. The van der Waals surface area contributed by atoms with Gasteiger partial charge in [-0.25, -0.2) is 9.49 Å². The number of rotatable bonds is 1. The maximum atomic E-state index is 12.9. The van der Waals surface area contributed by atoms with E-state index in [1.165, 1.54) is 30.5 Å². The summed E-state index contributed by atoms with van der Waals surface area (Å²) < 4.78 is 12.9. The molecule has 2 aromatic rings. The van der Waals surface area contributed by atoms with Gasteiger partial charge < -0.3 is 0 Å². The number of nitrogens with one attached hydrogen (secondary N) is 1. The summed E-state index contributed by atoms with van der Waals surface area (Å²) in [5.74, 6) is -0.488. The minimum absolute atomic E-state index is 0.0211. The Labute approximate surface area is 89.5 Å². The SMILES string of the molecule is O=c1cc(-c2ccc(F)c(Cl)c2)cn[nH]1. The molecule has 0 atom stereocenters. The number of nitrogens with zero attached hydrogens (tertiary/aromatic N) is 1. The maximum Gasteiger partial charge on any atom is 0.264 e. The van der Waals surface area contributed by atoms with Gasteiger partial charge in [-0.05, 0) is 17.7 Å². The van der Waals surface area contributed by atoms with Crippen molar-refractivity contribution in [2.75, 3.05) is 0 Å². The molecule has 0 amide bonds. The largest absolute Gasteiger partial charge is 0.268 e. The van der Waals surface area contributed by atoms with Crippen molar-refractivity contribution in [1.29, 1.82) is 0 Å². The first-order valence-electron chi connectivity index (χ1n) is 4.17. The molecule has 0 aliphatic carbocycles. The molecule has 0 aliphatic rings. The lowest BCUT2D eigenvalue weighted by Gasteiger charge is -2.01. The molecule has 0 aliphatic heterocycles. The van der Waals surface area contributed by atoms with Crippen LogP contribution in [-0.4, -0.2) is 10.2 Å². The van der Waals surface area contributed by atoms with E-state index in [9.17, 15) is 9.18 Å². The molecule has 1 heterocycles. The van der Waals surface area contributed by atoms with E-state index in [1.807, 2.05) is 0 Å². The molecule has 0 saturated carbocycles. The highest BCUT2D eigenvalue weighted by Gasteiger charge is 2.03. The third-order valence-corrected chi connectivity index (χ3v) is 2.21. The van der Waals surface area contributed by atoms with Crippen molar-refractivity contribution in [3.8, 4) is 11.1 Å². The van der Waals surface area contributed by atoms with Crippen molar-refractivity contribution >= 4 is 11.6 Å². The molecule has 0 unspecified atom stereocenters. The van der Waals surface area contributed by atoms with Crippen LogP contribution in [0.25, 0.3) is 11.1 Å². The number of hydrogen-bond donors (Lipinski definition) is 1. The van der Waals surface area contributed by atoms with Gasteiger partial charge in [0.25, 0.3) is 5.56 Å². The van der Waals surface area contributed by atoms with Crippen LogP contribution >= 0.6 is 11.6 Å². The normalized spacial score (nSPS) is 10.3. The summed E-state index contributed by atoms with van der Waals surface area (Å²) in [7, 11) is 0. The lowest BCUT2D eigenvalue weighted by atomic mass is 10.1. The number of aromatic nitrogens is 2. The second kappa shape index (κ2) is 3.82. The third-order valence-electron chi connectivity index (χ3n) is 1.92. The Morgan fingerprint density at radius 3 is 2.73 bits per heavy atom. The van der Waals surface area contributed by atoms with E-state index in [4.69, 9.17) is 11.6 Å². The Morgan fingerprint density at radius 1 is 1.27 bits per heavy atom. The van der Waals surface area contributed by atoms with Gasteiger partial charge in [-0.3, -0.25) is 4.79 Å². The second-order valence-electron chi connectivity index (χ2n) is 2.96. The summed E-state index contributed by atoms with van der Waals surface area (Å²) in [6, 6.07) is 5.61. The fourth-order valence-corrected chi connectivity index (χ4v) is 1.39. The van der Waals surface area contributed by atoms with Crippen LogP contribution in [0.4, 0.5) is 4.39 Å². The van der Waals surface area contributed by atoms with Crippen LogP contribution < -0.4 is 5.56 Å². The molecule has 0 fully saturated rings.